The normalized spacial score (nSPS) is 19.7. The maximum Gasteiger partial charge on any atom is 0.224 e. The van der Waals surface area contributed by atoms with Crippen molar-refractivity contribution in [2.24, 2.45) is 0 Å². The van der Waals surface area contributed by atoms with Gasteiger partial charge in [0.05, 0.1) is 11.2 Å². The van der Waals surface area contributed by atoms with Crippen LogP contribution in [0.4, 0.5) is 16.5 Å². The van der Waals surface area contributed by atoms with Crippen molar-refractivity contribution in [3.8, 4) is 11.3 Å². The minimum absolute atomic E-state index is 0.0920. The number of hydrogen-bond acceptors (Lipinski definition) is 6. The number of nitrogens with one attached hydrogen (secondary N) is 3. The Hall–Kier alpha value is -3.16. The highest BCUT2D eigenvalue weighted by Gasteiger charge is 2.23. The summed E-state index contributed by atoms with van der Waals surface area (Å²) in [5, 5.41) is 15.2. The van der Waals surface area contributed by atoms with Gasteiger partial charge >= 0.3 is 0 Å². The molecule has 0 radical (unpaired) electrons. The fourth-order valence-corrected chi connectivity index (χ4v) is 6.00. The summed E-state index contributed by atoms with van der Waals surface area (Å²) in [6.07, 6.45) is 7.56. The van der Waals surface area contributed by atoms with Crippen LogP contribution in [0, 0.1) is 0 Å². The van der Waals surface area contributed by atoms with Crippen LogP contribution < -0.4 is 16.0 Å². The van der Waals surface area contributed by atoms with Gasteiger partial charge in [-0.1, -0.05) is 17.7 Å². The molecule has 6 rings (SSSR count). The smallest absolute Gasteiger partial charge is 0.224 e. The molecule has 1 aliphatic carbocycles. The van der Waals surface area contributed by atoms with Crippen LogP contribution in [0.2, 0.25) is 5.02 Å². The van der Waals surface area contributed by atoms with Crippen molar-refractivity contribution in [2.75, 3.05) is 16.0 Å². The van der Waals surface area contributed by atoms with Crippen LogP contribution in [0.5, 0.6) is 0 Å². The van der Waals surface area contributed by atoms with E-state index in [1.54, 1.807) is 11.3 Å². The maximum atomic E-state index is 11.6. The molecule has 8 heteroatoms. The van der Waals surface area contributed by atoms with Crippen LogP contribution in [-0.2, 0) is 11.2 Å². The van der Waals surface area contributed by atoms with Gasteiger partial charge in [0.2, 0.25) is 5.91 Å². The Kier molecular flexibility index (Phi) is 6.04. The number of pyridine rings is 1. The zero-order valence-corrected chi connectivity index (χ0v) is 20.8. The van der Waals surface area contributed by atoms with E-state index in [1.807, 2.05) is 42.6 Å². The largest absolute Gasteiger partial charge is 0.382 e. The van der Waals surface area contributed by atoms with Crippen molar-refractivity contribution >= 4 is 56.3 Å². The van der Waals surface area contributed by atoms with Crippen LogP contribution in [0.15, 0.2) is 54.0 Å². The molecule has 0 spiro atoms. The number of anilines is 3. The van der Waals surface area contributed by atoms with Gasteiger partial charge in [0.15, 0.2) is 5.13 Å². The number of hydrogen-bond donors (Lipinski definition) is 3. The standard InChI is InChI=1S/C27H26ClN5OS/c28-18-3-8-21-23(11-12-29-24(21)14-18)30-19-4-6-20(7-5-19)31-27-33-25(15-35-27)17-1-9-22-16(13-17)2-10-26(34)32-22/h1,3,8-9,11-15,19-20H,2,4-7,10H2,(H,29,30)(H,31,33)(H,32,34). The number of thiazole rings is 1. The van der Waals surface area contributed by atoms with Gasteiger partial charge in [-0.25, -0.2) is 4.98 Å². The number of carbonyl (C=O) groups excluding carboxylic acids is 1. The lowest BCUT2D eigenvalue weighted by molar-refractivity contribution is -0.116. The highest BCUT2D eigenvalue weighted by Crippen LogP contribution is 2.33. The third kappa shape index (κ3) is 4.83. The van der Waals surface area contributed by atoms with E-state index in [2.05, 4.69) is 32.4 Å². The molecule has 0 unspecified atom stereocenters. The fourth-order valence-electron chi connectivity index (χ4n) is 5.04. The van der Waals surface area contributed by atoms with Crippen LogP contribution in [0.3, 0.4) is 0 Å². The maximum absolute atomic E-state index is 11.6. The van der Waals surface area contributed by atoms with Crippen molar-refractivity contribution in [2.45, 2.75) is 50.6 Å². The monoisotopic (exact) mass is 503 g/mol. The van der Waals surface area contributed by atoms with E-state index in [4.69, 9.17) is 16.6 Å². The highest BCUT2D eigenvalue weighted by molar-refractivity contribution is 7.14. The molecule has 3 N–H and O–H groups in total. The van der Waals surface area contributed by atoms with Gasteiger partial charge in [0, 0.05) is 57.4 Å². The zero-order valence-electron chi connectivity index (χ0n) is 19.2. The molecule has 1 saturated carbocycles. The summed E-state index contributed by atoms with van der Waals surface area (Å²) in [5.41, 5.74) is 6.23. The lowest BCUT2D eigenvalue weighted by atomic mass is 9.91. The van der Waals surface area contributed by atoms with Gasteiger partial charge in [0.1, 0.15) is 0 Å². The lowest BCUT2D eigenvalue weighted by Crippen LogP contribution is -2.32. The first-order valence-corrected chi connectivity index (χ1v) is 13.3. The molecular formula is C27H26ClN5OS. The minimum Gasteiger partial charge on any atom is -0.382 e. The highest BCUT2D eigenvalue weighted by atomic mass is 35.5. The summed E-state index contributed by atoms with van der Waals surface area (Å²) in [6.45, 7) is 0. The predicted molar refractivity (Wildman–Crippen MR) is 145 cm³/mol. The van der Waals surface area contributed by atoms with Gasteiger partial charge in [-0.2, -0.15) is 0 Å². The first-order chi connectivity index (χ1) is 17.1. The summed E-state index contributed by atoms with van der Waals surface area (Å²) in [5.74, 6) is 0.0920. The summed E-state index contributed by atoms with van der Waals surface area (Å²) in [6, 6.07) is 15.0. The first-order valence-electron chi connectivity index (χ1n) is 12.1. The number of carbonyl (C=O) groups is 1. The molecule has 6 nitrogen and oxygen atoms in total. The first kappa shape index (κ1) is 22.3. The van der Waals surface area contributed by atoms with Crippen LogP contribution in [-0.4, -0.2) is 28.0 Å². The average Bonchev–Trinajstić information content (AvgIpc) is 3.33. The fraction of sp³-hybridized carbons (Fsp3) is 0.296. The molecule has 2 aliphatic rings. The molecule has 0 atom stereocenters. The zero-order chi connectivity index (χ0) is 23.8. The molecular weight excluding hydrogens is 478 g/mol. The second kappa shape index (κ2) is 9.47. The van der Waals surface area contributed by atoms with Crippen LogP contribution >= 0.6 is 22.9 Å². The van der Waals surface area contributed by atoms with E-state index in [9.17, 15) is 4.79 Å². The molecule has 0 bridgehead atoms. The number of aryl methyl sites for hydroxylation is 1. The summed E-state index contributed by atoms with van der Waals surface area (Å²) >= 11 is 7.79. The Morgan fingerprint density at radius 3 is 2.66 bits per heavy atom. The molecule has 3 heterocycles. The van der Waals surface area contributed by atoms with Crippen molar-refractivity contribution in [3.05, 3.63) is 64.6 Å². The van der Waals surface area contributed by atoms with Gasteiger partial charge in [-0.05, 0) is 74.1 Å². The van der Waals surface area contributed by atoms with Crippen molar-refractivity contribution in [1.29, 1.82) is 0 Å². The number of aromatic nitrogens is 2. The Morgan fingerprint density at radius 2 is 1.80 bits per heavy atom. The van der Waals surface area contributed by atoms with Gasteiger partial charge in [-0.3, -0.25) is 9.78 Å². The Labute approximate surface area is 213 Å². The third-order valence-corrected chi connectivity index (χ3v) is 7.93. The van der Waals surface area contributed by atoms with Crippen molar-refractivity contribution in [1.82, 2.24) is 9.97 Å². The Balaban J connectivity index is 1.06. The molecule has 1 aliphatic heterocycles. The molecule has 1 amide bonds. The SMILES string of the molecule is O=C1CCc2cc(-c3csc(NC4CCC(Nc5ccnc6cc(Cl)ccc56)CC4)n3)ccc2N1. The lowest BCUT2D eigenvalue weighted by Gasteiger charge is -2.30. The number of amides is 1. The molecule has 178 valence electrons. The molecule has 4 aromatic rings. The minimum atomic E-state index is 0.0920. The molecule has 2 aromatic heterocycles. The molecule has 2 aromatic carbocycles. The van der Waals surface area contributed by atoms with Crippen LogP contribution in [0.25, 0.3) is 22.2 Å². The van der Waals surface area contributed by atoms with E-state index in [1.165, 1.54) is 5.56 Å². The second-order valence-electron chi connectivity index (χ2n) is 9.32. The Bertz CT molecular complexity index is 1400. The van der Waals surface area contributed by atoms with Crippen molar-refractivity contribution < 1.29 is 4.79 Å². The van der Waals surface area contributed by atoms with Gasteiger partial charge in [-0.15, -0.1) is 11.3 Å². The molecule has 35 heavy (non-hydrogen) atoms. The van der Waals surface area contributed by atoms with Crippen molar-refractivity contribution in [3.63, 3.8) is 0 Å². The summed E-state index contributed by atoms with van der Waals surface area (Å²) in [7, 11) is 0. The Morgan fingerprint density at radius 1 is 0.971 bits per heavy atom. The van der Waals surface area contributed by atoms with Gasteiger partial charge < -0.3 is 16.0 Å². The van der Waals surface area contributed by atoms with E-state index in [-0.39, 0.29) is 5.91 Å². The topological polar surface area (TPSA) is 78.9 Å². The quantitative estimate of drug-likeness (QED) is 0.281. The summed E-state index contributed by atoms with van der Waals surface area (Å²) in [4.78, 5) is 20.9. The van der Waals surface area contributed by atoms with E-state index < -0.39 is 0 Å². The number of rotatable bonds is 5. The van der Waals surface area contributed by atoms with Crippen LogP contribution in [0.1, 0.15) is 37.7 Å². The van der Waals surface area contributed by atoms with E-state index in [0.717, 1.165) is 70.8 Å². The second-order valence-corrected chi connectivity index (χ2v) is 10.6. The average molecular weight is 504 g/mol. The molecule has 0 saturated heterocycles. The van der Waals surface area contributed by atoms with Gasteiger partial charge in [0.25, 0.3) is 0 Å². The number of nitrogens with zero attached hydrogens (tertiary/aromatic N) is 2. The number of benzene rings is 2. The predicted octanol–water partition coefficient (Wildman–Crippen LogP) is 6.73. The third-order valence-electron chi connectivity index (χ3n) is 6.92. The number of fused-ring (bicyclic) bond motifs is 2. The number of halogens is 1. The van der Waals surface area contributed by atoms with E-state index >= 15 is 0 Å². The van der Waals surface area contributed by atoms with E-state index in [0.29, 0.717) is 23.5 Å². The molecule has 1 fully saturated rings. The summed E-state index contributed by atoms with van der Waals surface area (Å²) < 4.78 is 0.